The van der Waals surface area contributed by atoms with E-state index in [1.54, 1.807) is 10.4 Å². The molecule has 0 aliphatic heterocycles. The number of thiophene rings is 2. The fourth-order valence-corrected chi connectivity index (χ4v) is 9.24. The van der Waals surface area contributed by atoms with Gasteiger partial charge in [-0.2, -0.15) is 0 Å². The number of fused-ring (bicyclic) bond motifs is 1. The van der Waals surface area contributed by atoms with Gasteiger partial charge in [-0.25, -0.2) is 4.63 Å². The van der Waals surface area contributed by atoms with Crippen molar-refractivity contribution in [1.29, 1.82) is 0 Å². The Hall–Kier alpha value is -1.98. The van der Waals surface area contributed by atoms with Gasteiger partial charge in [0.25, 0.3) is 0 Å². The number of aromatic nitrogens is 2. The number of hydrogen-bond acceptors (Lipinski definition) is 5. The van der Waals surface area contributed by atoms with E-state index < -0.39 is 0 Å². The minimum absolute atomic E-state index is 0.0611. The molecule has 1 aromatic carbocycles. The van der Waals surface area contributed by atoms with E-state index in [9.17, 15) is 0 Å². The average Bonchev–Trinajstić information content (AvgIpc) is 3.79. The molecule has 0 aliphatic rings. The molecule has 43 heavy (non-hydrogen) atoms. The Morgan fingerprint density at radius 2 is 1.19 bits per heavy atom. The second kappa shape index (κ2) is 15.3. The molecule has 0 fully saturated rings. The molecule has 0 bridgehead atoms. The standard InChI is InChI=1S/C38H56N2OS2/c1-9-15-17-19-21-27-25-31(29-23-24-30(37(7,11-3)12-4)34-33(29)39-41-40-34)42-35(27)36-28(22-20-18-16-10-2)26-32(43-36)38(8,13-5)14-6/h23-26H,9-22H2,1-8H3. The maximum absolute atomic E-state index is 5.42. The highest BCUT2D eigenvalue weighted by molar-refractivity contribution is 7.24. The molecule has 0 N–H and O–H groups in total. The molecule has 0 saturated carbocycles. The minimum atomic E-state index is 0.0611. The number of nitrogens with zero attached hydrogens (tertiary/aromatic N) is 2. The third kappa shape index (κ3) is 7.30. The molecule has 0 atom stereocenters. The molecule has 3 aromatic heterocycles. The zero-order valence-corrected chi connectivity index (χ0v) is 30.0. The lowest BCUT2D eigenvalue weighted by Gasteiger charge is -2.27. The third-order valence-corrected chi connectivity index (χ3v) is 13.3. The Bertz CT molecular complexity index is 1430. The zero-order valence-electron chi connectivity index (χ0n) is 28.3. The molecule has 3 heterocycles. The lowest BCUT2D eigenvalue weighted by atomic mass is 9.77. The first kappa shape index (κ1) is 33.9. The van der Waals surface area contributed by atoms with Crippen LogP contribution < -0.4 is 0 Å². The van der Waals surface area contributed by atoms with Crippen molar-refractivity contribution in [3.8, 4) is 20.2 Å². The van der Waals surface area contributed by atoms with Gasteiger partial charge in [0.1, 0.15) is 11.0 Å². The van der Waals surface area contributed by atoms with Crippen LogP contribution in [0.4, 0.5) is 0 Å². The third-order valence-electron chi connectivity index (χ3n) is 10.5. The lowest BCUT2D eigenvalue weighted by molar-refractivity contribution is 0.314. The summed E-state index contributed by atoms with van der Waals surface area (Å²) in [6.45, 7) is 18.7. The summed E-state index contributed by atoms with van der Waals surface area (Å²) in [7, 11) is 0. The number of aryl methyl sites for hydroxylation is 2. The van der Waals surface area contributed by atoms with Crippen LogP contribution in [0.25, 0.3) is 31.2 Å². The van der Waals surface area contributed by atoms with Crippen LogP contribution in [0.5, 0.6) is 0 Å². The molecule has 4 aromatic rings. The molecule has 0 amide bonds. The van der Waals surface area contributed by atoms with E-state index >= 15 is 0 Å². The van der Waals surface area contributed by atoms with Crippen LogP contribution in [-0.4, -0.2) is 10.3 Å². The first-order valence-electron chi connectivity index (χ1n) is 17.3. The monoisotopic (exact) mass is 620 g/mol. The predicted molar refractivity (Wildman–Crippen MR) is 190 cm³/mol. The number of benzene rings is 1. The first-order valence-corrected chi connectivity index (χ1v) is 18.9. The Morgan fingerprint density at radius 3 is 1.77 bits per heavy atom. The summed E-state index contributed by atoms with van der Waals surface area (Å²) in [5, 5.41) is 8.95. The highest BCUT2D eigenvalue weighted by Gasteiger charge is 2.30. The topological polar surface area (TPSA) is 38.9 Å². The summed E-state index contributed by atoms with van der Waals surface area (Å²) in [6.07, 6.45) is 17.1. The molecular formula is C38H56N2OS2. The summed E-state index contributed by atoms with van der Waals surface area (Å²) < 4.78 is 5.42. The minimum Gasteiger partial charge on any atom is -0.243 e. The van der Waals surface area contributed by atoms with Crippen molar-refractivity contribution >= 4 is 33.7 Å². The summed E-state index contributed by atoms with van der Waals surface area (Å²) in [6, 6.07) is 9.65. The fraction of sp³-hybridized carbons (Fsp3) is 0.632. The van der Waals surface area contributed by atoms with Gasteiger partial charge >= 0.3 is 0 Å². The SMILES string of the molecule is CCCCCCc1cc(-c2ccc(C(C)(CC)CC)c3nonc23)sc1-c1sc(C(C)(CC)CC)cc1CCCCCC. The zero-order chi connectivity index (χ0) is 31.0. The van der Waals surface area contributed by atoms with Gasteiger partial charge in [-0.05, 0) is 95.9 Å². The quantitative estimate of drug-likeness (QED) is 0.104. The molecular weight excluding hydrogens is 565 g/mol. The largest absolute Gasteiger partial charge is 0.243 e. The van der Waals surface area contributed by atoms with Crippen molar-refractivity contribution < 1.29 is 4.63 Å². The van der Waals surface area contributed by atoms with Crippen molar-refractivity contribution in [2.45, 2.75) is 156 Å². The Balaban J connectivity index is 1.85. The van der Waals surface area contributed by atoms with Crippen LogP contribution in [0.3, 0.4) is 0 Å². The summed E-state index contributed by atoms with van der Waals surface area (Å²) in [5.74, 6) is 0. The summed E-state index contributed by atoms with van der Waals surface area (Å²) in [5.41, 5.74) is 7.63. The summed E-state index contributed by atoms with van der Waals surface area (Å²) >= 11 is 4.05. The van der Waals surface area contributed by atoms with Crippen LogP contribution >= 0.6 is 22.7 Å². The van der Waals surface area contributed by atoms with Gasteiger partial charge < -0.3 is 0 Å². The summed E-state index contributed by atoms with van der Waals surface area (Å²) in [4.78, 5) is 5.87. The van der Waals surface area contributed by atoms with Gasteiger partial charge in [0.05, 0.1) is 0 Å². The Morgan fingerprint density at radius 1 is 0.628 bits per heavy atom. The molecule has 0 unspecified atom stereocenters. The maximum atomic E-state index is 5.42. The molecule has 0 aliphatic carbocycles. The smallest absolute Gasteiger partial charge is 0.144 e. The molecule has 0 spiro atoms. The van der Waals surface area contributed by atoms with E-state index in [1.165, 1.54) is 96.4 Å². The van der Waals surface area contributed by atoms with Crippen molar-refractivity contribution in [3.63, 3.8) is 0 Å². The highest BCUT2D eigenvalue weighted by Crippen LogP contribution is 2.49. The van der Waals surface area contributed by atoms with Crippen LogP contribution in [0.2, 0.25) is 0 Å². The number of hydrogen-bond donors (Lipinski definition) is 0. The van der Waals surface area contributed by atoms with E-state index in [-0.39, 0.29) is 10.8 Å². The van der Waals surface area contributed by atoms with E-state index in [4.69, 9.17) is 4.63 Å². The molecule has 0 radical (unpaired) electrons. The average molecular weight is 621 g/mol. The normalized spacial score (nSPS) is 12.6. The van der Waals surface area contributed by atoms with Gasteiger partial charge in [0, 0.05) is 30.5 Å². The highest BCUT2D eigenvalue weighted by atomic mass is 32.1. The van der Waals surface area contributed by atoms with Gasteiger partial charge in [0.15, 0.2) is 0 Å². The Labute approximate surface area is 269 Å². The second-order valence-electron chi connectivity index (χ2n) is 13.2. The van der Waals surface area contributed by atoms with Crippen molar-refractivity contribution in [2.75, 3.05) is 0 Å². The number of rotatable bonds is 18. The lowest BCUT2D eigenvalue weighted by Crippen LogP contribution is -2.20. The first-order chi connectivity index (χ1) is 20.8. The van der Waals surface area contributed by atoms with Gasteiger partial charge in [-0.15, -0.1) is 22.7 Å². The van der Waals surface area contributed by atoms with Crippen LogP contribution in [0, 0.1) is 0 Å². The molecule has 0 saturated heterocycles. The molecule has 5 heteroatoms. The number of unbranched alkanes of at least 4 members (excludes halogenated alkanes) is 6. The van der Waals surface area contributed by atoms with E-state index in [0.29, 0.717) is 0 Å². The van der Waals surface area contributed by atoms with Crippen LogP contribution in [-0.2, 0) is 23.7 Å². The molecule has 4 rings (SSSR count). The fourth-order valence-electron chi connectivity index (χ4n) is 6.31. The van der Waals surface area contributed by atoms with Gasteiger partial charge in [-0.3, -0.25) is 0 Å². The van der Waals surface area contributed by atoms with Crippen molar-refractivity contribution in [1.82, 2.24) is 10.3 Å². The van der Waals surface area contributed by atoms with Crippen LogP contribution in [0.15, 0.2) is 28.9 Å². The van der Waals surface area contributed by atoms with Crippen LogP contribution in [0.1, 0.15) is 154 Å². The van der Waals surface area contributed by atoms with Crippen molar-refractivity contribution in [2.24, 2.45) is 0 Å². The van der Waals surface area contributed by atoms with E-state index in [0.717, 1.165) is 35.9 Å². The second-order valence-corrected chi connectivity index (χ2v) is 15.3. The maximum Gasteiger partial charge on any atom is 0.144 e. The van der Waals surface area contributed by atoms with Crippen molar-refractivity contribution in [3.05, 3.63) is 45.8 Å². The van der Waals surface area contributed by atoms with Gasteiger partial charge in [-0.1, -0.05) is 106 Å². The van der Waals surface area contributed by atoms with E-state index in [2.05, 4.69) is 101 Å². The van der Waals surface area contributed by atoms with Gasteiger partial charge in [0.2, 0.25) is 0 Å². The Kier molecular flexibility index (Phi) is 12.1. The predicted octanol–water partition coefficient (Wildman–Crippen LogP) is 13.1. The molecule has 3 nitrogen and oxygen atoms in total. The molecule has 236 valence electrons. The van der Waals surface area contributed by atoms with E-state index in [1.807, 2.05) is 11.3 Å².